The number of hydrogen-bond acceptors (Lipinski definition) is 1. The molecule has 0 aromatic heterocycles. The SMILES string of the molecule is Cc1cccc(CCC(=O)NC(C)C(C)C)c1. The summed E-state index contributed by atoms with van der Waals surface area (Å²) in [6.45, 7) is 8.36. The maximum Gasteiger partial charge on any atom is 0.220 e. The van der Waals surface area contributed by atoms with E-state index in [4.69, 9.17) is 0 Å². The highest BCUT2D eigenvalue weighted by Crippen LogP contribution is 2.07. The second-order valence-corrected chi connectivity index (χ2v) is 5.09. The summed E-state index contributed by atoms with van der Waals surface area (Å²) < 4.78 is 0. The molecule has 1 rings (SSSR count). The summed E-state index contributed by atoms with van der Waals surface area (Å²) in [4.78, 5) is 11.7. The third kappa shape index (κ3) is 5.03. The average molecular weight is 233 g/mol. The number of aryl methyl sites for hydroxylation is 2. The van der Waals surface area contributed by atoms with Gasteiger partial charge in [0, 0.05) is 12.5 Å². The lowest BCUT2D eigenvalue weighted by molar-refractivity contribution is -0.121. The van der Waals surface area contributed by atoms with E-state index in [1.54, 1.807) is 0 Å². The standard InChI is InChI=1S/C15H23NO/c1-11(2)13(4)16-15(17)9-8-14-7-5-6-12(3)10-14/h5-7,10-11,13H,8-9H2,1-4H3,(H,16,17). The molecule has 1 aromatic carbocycles. The highest BCUT2D eigenvalue weighted by atomic mass is 16.1. The Morgan fingerprint density at radius 3 is 2.59 bits per heavy atom. The van der Waals surface area contributed by atoms with Crippen LogP contribution in [-0.4, -0.2) is 11.9 Å². The molecule has 1 atom stereocenters. The molecule has 1 N–H and O–H groups in total. The van der Waals surface area contributed by atoms with Crippen LogP contribution in [0.2, 0.25) is 0 Å². The van der Waals surface area contributed by atoms with Crippen molar-refractivity contribution in [3.8, 4) is 0 Å². The van der Waals surface area contributed by atoms with Crippen molar-refractivity contribution in [3.63, 3.8) is 0 Å². The molecule has 0 fully saturated rings. The summed E-state index contributed by atoms with van der Waals surface area (Å²) in [6, 6.07) is 8.58. The number of carbonyl (C=O) groups excluding carboxylic acids is 1. The van der Waals surface area contributed by atoms with Gasteiger partial charge < -0.3 is 5.32 Å². The quantitative estimate of drug-likeness (QED) is 0.832. The van der Waals surface area contributed by atoms with Gasteiger partial charge in [-0.2, -0.15) is 0 Å². The van der Waals surface area contributed by atoms with E-state index in [9.17, 15) is 4.79 Å². The van der Waals surface area contributed by atoms with E-state index in [0.29, 0.717) is 12.3 Å². The molecule has 0 spiro atoms. The number of benzene rings is 1. The number of hydrogen-bond donors (Lipinski definition) is 1. The summed E-state index contributed by atoms with van der Waals surface area (Å²) >= 11 is 0. The van der Waals surface area contributed by atoms with Gasteiger partial charge in [0.2, 0.25) is 5.91 Å². The molecule has 2 heteroatoms. The third-order valence-corrected chi connectivity index (χ3v) is 3.11. The van der Waals surface area contributed by atoms with Gasteiger partial charge in [0.15, 0.2) is 0 Å². The van der Waals surface area contributed by atoms with Crippen LogP contribution >= 0.6 is 0 Å². The zero-order valence-electron chi connectivity index (χ0n) is 11.3. The predicted octanol–water partition coefficient (Wildman–Crippen LogP) is 3.09. The molecule has 0 aliphatic heterocycles. The first-order chi connectivity index (χ1) is 7.99. The third-order valence-electron chi connectivity index (χ3n) is 3.11. The first-order valence-corrected chi connectivity index (χ1v) is 6.34. The fraction of sp³-hybridized carbons (Fsp3) is 0.533. The highest BCUT2D eigenvalue weighted by molar-refractivity contribution is 5.76. The molecule has 0 aliphatic rings. The molecule has 0 heterocycles. The second kappa shape index (κ2) is 6.43. The molecule has 94 valence electrons. The molecule has 0 bridgehead atoms. The van der Waals surface area contributed by atoms with Gasteiger partial charge in [0.1, 0.15) is 0 Å². The van der Waals surface area contributed by atoms with E-state index >= 15 is 0 Å². The Labute approximate surface area is 104 Å². The Morgan fingerprint density at radius 1 is 1.29 bits per heavy atom. The topological polar surface area (TPSA) is 29.1 Å². The van der Waals surface area contributed by atoms with Gasteiger partial charge >= 0.3 is 0 Å². The fourth-order valence-corrected chi connectivity index (χ4v) is 1.62. The Bertz CT molecular complexity index is 371. The van der Waals surface area contributed by atoms with E-state index in [0.717, 1.165) is 6.42 Å². The van der Waals surface area contributed by atoms with Gasteiger partial charge in [-0.3, -0.25) is 4.79 Å². The van der Waals surface area contributed by atoms with Crippen LogP contribution in [0.4, 0.5) is 0 Å². The smallest absolute Gasteiger partial charge is 0.220 e. The lowest BCUT2D eigenvalue weighted by Crippen LogP contribution is -2.36. The number of nitrogens with one attached hydrogen (secondary N) is 1. The van der Waals surface area contributed by atoms with E-state index < -0.39 is 0 Å². The Kier molecular flexibility index (Phi) is 5.20. The van der Waals surface area contributed by atoms with Crippen LogP contribution in [0, 0.1) is 12.8 Å². The highest BCUT2D eigenvalue weighted by Gasteiger charge is 2.10. The Morgan fingerprint density at radius 2 is 2.00 bits per heavy atom. The van der Waals surface area contributed by atoms with Crippen LogP contribution in [-0.2, 0) is 11.2 Å². The molecule has 0 aliphatic carbocycles. The van der Waals surface area contributed by atoms with Crippen molar-refractivity contribution in [1.82, 2.24) is 5.32 Å². The second-order valence-electron chi connectivity index (χ2n) is 5.09. The largest absolute Gasteiger partial charge is 0.353 e. The van der Waals surface area contributed by atoms with Crippen LogP contribution < -0.4 is 5.32 Å². The van der Waals surface area contributed by atoms with E-state index in [2.05, 4.69) is 51.2 Å². The summed E-state index contributed by atoms with van der Waals surface area (Å²) in [6.07, 6.45) is 1.39. The van der Waals surface area contributed by atoms with Crippen molar-refractivity contribution in [2.24, 2.45) is 5.92 Å². The normalized spacial score (nSPS) is 12.5. The molecule has 17 heavy (non-hydrogen) atoms. The molecular weight excluding hydrogens is 210 g/mol. The van der Waals surface area contributed by atoms with Crippen molar-refractivity contribution in [1.29, 1.82) is 0 Å². The lowest BCUT2D eigenvalue weighted by atomic mass is 10.0. The molecule has 0 saturated heterocycles. The Balaban J connectivity index is 2.38. The molecule has 2 nitrogen and oxygen atoms in total. The van der Waals surface area contributed by atoms with Crippen LogP contribution in [0.15, 0.2) is 24.3 Å². The predicted molar refractivity (Wildman–Crippen MR) is 71.9 cm³/mol. The Hall–Kier alpha value is -1.31. The first kappa shape index (κ1) is 13.8. The number of rotatable bonds is 5. The molecule has 0 saturated carbocycles. The van der Waals surface area contributed by atoms with Gasteiger partial charge in [-0.05, 0) is 31.7 Å². The van der Waals surface area contributed by atoms with Gasteiger partial charge in [-0.1, -0.05) is 43.7 Å². The van der Waals surface area contributed by atoms with Crippen LogP contribution in [0.1, 0.15) is 38.3 Å². The summed E-state index contributed by atoms with van der Waals surface area (Å²) in [5.41, 5.74) is 2.48. The van der Waals surface area contributed by atoms with Crippen LogP contribution in [0.5, 0.6) is 0 Å². The fourth-order valence-electron chi connectivity index (χ4n) is 1.62. The molecule has 1 aromatic rings. The first-order valence-electron chi connectivity index (χ1n) is 6.34. The minimum Gasteiger partial charge on any atom is -0.353 e. The maximum absolute atomic E-state index is 11.7. The van der Waals surface area contributed by atoms with Gasteiger partial charge in [0.25, 0.3) is 0 Å². The monoisotopic (exact) mass is 233 g/mol. The lowest BCUT2D eigenvalue weighted by Gasteiger charge is -2.17. The zero-order valence-corrected chi connectivity index (χ0v) is 11.3. The van der Waals surface area contributed by atoms with Crippen LogP contribution in [0.25, 0.3) is 0 Å². The molecular formula is C15H23NO. The van der Waals surface area contributed by atoms with Crippen LogP contribution in [0.3, 0.4) is 0 Å². The van der Waals surface area contributed by atoms with Crippen molar-refractivity contribution in [3.05, 3.63) is 35.4 Å². The summed E-state index contributed by atoms with van der Waals surface area (Å²) in [5.74, 6) is 0.630. The minimum absolute atomic E-state index is 0.146. The summed E-state index contributed by atoms with van der Waals surface area (Å²) in [7, 11) is 0. The number of carbonyl (C=O) groups is 1. The van der Waals surface area contributed by atoms with Gasteiger partial charge in [-0.15, -0.1) is 0 Å². The van der Waals surface area contributed by atoms with E-state index in [1.807, 2.05) is 6.07 Å². The molecule has 1 amide bonds. The van der Waals surface area contributed by atoms with Gasteiger partial charge in [0.05, 0.1) is 0 Å². The summed E-state index contributed by atoms with van der Waals surface area (Å²) in [5, 5.41) is 3.03. The van der Waals surface area contributed by atoms with Crippen molar-refractivity contribution >= 4 is 5.91 Å². The number of amides is 1. The minimum atomic E-state index is 0.146. The zero-order chi connectivity index (χ0) is 12.8. The van der Waals surface area contributed by atoms with E-state index in [-0.39, 0.29) is 11.9 Å². The van der Waals surface area contributed by atoms with Crippen molar-refractivity contribution in [2.75, 3.05) is 0 Å². The van der Waals surface area contributed by atoms with E-state index in [1.165, 1.54) is 11.1 Å². The van der Waals surface area contributed by atoms with Crippen molar-refractivity contribution < 1.29 is 4.79 Å². The van der Waals surface area contributed by atoms with Crippen molar-refractivity contribution in [2.45, 2.75) is 46.6 Å². The van der Waals surface area contributed by atoms with Gasteiger partial charge in [-0.25, -0.2) is 0 Å². The maximum atomic E-state index is 11.7. The molecule has 1 unspecified atom stereocenters. The average Bonchev–Trinajstić information content (AvgIpc) is 2.26. The molecule has 0 radical (unpaired) electrons.